The van der Waals surface area contributed by atoms with E-state index in [4.69, 9.17) is 16.3 Å². The van der Waals surface area contributed by atoms with Gasteiger partial charge >= 0.3 is 5.97 Å². The van der Waals surface area contributed by atoms with Crippen molar-refractivity contribution in [1.82, 2.24) is 15.5 Å². The Bertz CT molecular complexity index is 1970. The molecule has 286 valence electrons. The number of aliphatic carboxylic acids is 1. The van der Waals surface area contributed by atoms with Gasteiger partial charge in [0.05, 0.1) is 5.41 Å². The van der Waals surface area contributed by atoms with Crippen LogP contribution in [-0.4, -0.2) is 64.8 Å². The summed E-state index contributed by atoms with van der Waals surface area (Å²) in [5.41, 5.74) is 1.96. The van der Waals surface area contributed by atoms with E-state index < -0.39 is 29.6 Å². The molecule has 1 heterocycles. The van der Waals surface area contributed by atoms with Gasteiger partial charge in [0.15, 0.2) is 6.61 Å². The van der Waals surface area contributed by atoms with Crippen molar-refractivity contribution in [1.29, 1.82) is 0 Å². The monoisotopic (exact) mass is 764 g/mol. The van der Waals surface area contributed by atoms with Crippen LogP contribution in [0.15, 0.2) is 109 Å². The molecule has 12 heteroatoms. The first kappa shape index (κ1) is 39.0. The first-order valence-electron chi connectivity index (χ1n) is 18.5. The summed E-state index contributed by atoms with van der Waals surface area (Å²) in [6, 6.07) is 30.4. The highest BCUT2D eigenvalue weighted by molar-refractivity contribution is 6.30. The molecule has 0 spiro atoms. The van der Waals surface area contributed by atoms with Crippen molar-refractivity contribution < 1.29 is 33.8 Å². The molecule has 3 N–H and O–H groups in total. The van der Waals surface area contributed by atoms with Crippen molar-refractivity contribution in [3.05, 3.63) is 131 Å². The molecule has 1 saturated heterocycles. The minimum absolute atomic E-state index is 0.0137. The highest BCUT2D eigenvalue weighted by Crippen LogP contribution is 2.42. The van der Waals surface area contributed by atoms with Crippen LogP contribution in [0.4, 0.5) is 5.69 Å². The number of carboxylic acids is 1. The van der Waals surface area contributed by atoms with Crippen LogP contribution in [0.25, 0.3) is 0 Å². The third-order valence-electron chi connectivity index (χ3n) is 10.5. The zero-order valence-electron chi connectivity index (χ0n) is 30.7. The molecule has 4 aromatic carbocycles. The van der Waals surface area contributed by atoms with Gasteiger partial charge in [0.2, 0.25) is 11.8 Å². The van der Waals surface area contributed by atoms with Crippen molar-refractivity contribution in [3.63, 3.8) is 0 Å². The molecule has 2 aliphatic rings. The fourth-order valence-electron chi connectivity index (χ4n) is 7.63. The average Bonchev–Trinajstić information content (AvgIpc) is 3.78. The maximum atomic E-state index is 14.6. The van der Waals surface area contributed by atoms with Crippen LogP contribution in [0, 0.1) is 5.41 Å². The first-order valence-corrected chi connectivity index (χ1v) is 18.9. The molecule has 4 aromatic rings. The number of carboxylic acid groups (broad SMARTS) is 1. The summed E-state index contributed by atoms with van der Waals surface area (Å²) < 4.78 is 5.89. The lowest BCUT2D eigenvalue weighted by atomic mass is 9.81. The fourth-order valence-corrected chi connectivity index (χ4v) is 7.76. The Balaban J connectivity index is 1.27. The van der Waals surface area contributed by atoms with Crippen LogP contribution in [0.1, 0.15) is 61.9 Å². The Morgan fingerprint density at radius 1 is 0.873 bits per heavy atom. The second-order valence-electron chi connectivity index (χ2n) is 14.2. The van der Waals surface area contributed by atoms with Crippen molar-refractivity contribution in [2.45, 2.75) is 70.1 Å². The van der Waals surface area contributed by atoms with E-state index in [0.29, 0.717) is 47.8 Å². The number of para-hydroxylation sites is 1. The molecule has 3 atom stereocenters. The van der Waals surface area contributed by atoms with E-state index in [1.165, 1.54) is 6.92 Å². The SMILES string of the molecule is CC(=O)NCCC1(C(=O)NC(Cc2ccc(N3C(=O)C(Cc4ccc(Cl)cc4)N(C(=O)COc4ccccc4)C3c3ccccc3)cc2)C(=O)O)CCCC1. The van der Waals surface area contributed by atoms with E-state index in [1.54, 1.807) is 58.3 Å². The quantitative estimate of drug-likeness (QED) is 0.133. The number of amides is 4. The van der Waals surface area contributed by atoms with Crippen LogP contribution in [0.5, 0.6) is 5.75 Å². The largest absolute Gasteiger partial charge is 0.484 e. The van der Waals surface area contributed by atoms with E-state index in [2.05, 4.69) is 10.6 Å². The van der Waals surface area contributed by atoms with Gasteiger partial charge in [-0.1, -0.05) is 97.2 Å². The van der Waals surface area contributed by atoms with E-state index in [0.717, 1.165) is 24.0 Å². The van der Waals surface area contributed by atoms with Crippen LogP contribution in [0.2, 0.25) is 5.02 Å². The van der Waals surface area contributed by atoms with Gasteiger partial charge < -0.3 is 25.4 Å². The molecule has 11 nitrogen and oxygen atoms in total. The minimum atomic E-state index is -1.19. The molecule has 1 aliphatic heterocycles. The minimum Gasteiger partial charge on any atom is -0.484 e. The van der Waals surface area contributed by atoms with Crippen LogP contribution >= 0.6 is 11.6 Å². The van der Waals surface area contributed by atoms with Crippen LogP contribution in [-0.2, 0) is 36.8 Å². The Labute approximate surface area is 325 Å². The number of anilines is 1. The Hall–Kier alpha value is -5.68. The van der Waals surface area contributed by atoms with Crippen molar-refractivity contribution >= 4 is 46.9 Å². The maximum absolute atomic E-state index is 14.6. The second-order valence-corrected chi connectivity index (χ2v) is 14.6. The number of rotatable bonds is 15. The second kappa shape index (κ2) is 17.6. The van der Waals surface area contributed by atoms with Crippen LogP contribution < -0.4 is 20.3 Å². The van der Waals surface area contributed by atoms with Crippen molar-refractivity contribution in [3.8, 4) is 5.75 Å². The third-order valence-corrected chi connectivity index (χ3v) is 10.7. The molecular formula is C43H45ClN4O7. The Morgan fingerprint density at radius 2 is 1.49 bits per heavy atom. The average molecular weight is 765 g/mol. The van der Waals surface area contributed by atoms with Gasteiger partial charge in [-0.15, -0.1) is 0 Å². The summed E-state index contributed by atoms with van der Waals surface area (Å²) in [6.45, 7) is 1.47. The van der Waals surface area contributed by atoms with Gasteiger partial charge in [0, 0.05) is 37.0 Å². The number of carbonyl (C=O) groups is 5. The molecule has 0 radical (unpaired) electrons. The Morgan fingerprint density at radius 3 is 2.11 bits per heavy atom. The van der Waals surface area contributed by atoms with Gasteiger partial charge in [-0.2, -0.15) is 0 Å². The molecular weight excluding hydrogens is 720 g/mol. The number of ether oxygens (including phenoxy) is 1. The van der Waals surface area contributed by atoms with Gasteiger partial charge in [-0.25, -0.2) is 4.79 Å². The smallest absolute Gasteiger partial charge is 0.326 e. The standard InChI is InChI=1S/C43H45ClN4O7/c1-29(49)45-25-24-43(22-8-9-23-43)42(54)46-36(41(52)53)26-30-16-20-34(21-17-30)47-39(32-10-4-2-5-11-32)48(38(50)28-55-35-12-6-3-7-13-35)37(40(47)51)27-31-14-18-33(44)19-15-31/h2-7,10-21,36-37,39H,8-9,22-28H2,1H3,(H,45,49)(H,46,54)(H,52,53). The maximum Gasteiger partial charge on any atom is 0.326 e. The number of halogens is 1. The van der Waals surface area contributed by atoms with E-state index in [9.17, 15) is 29.1 Å². The van der Waals surface area contributed by atoms with E-state index in [1.807, 2.05) is 60.7 Å². The number of nitrogens with one attached hydrogen (secondary N) is 2. The molecule has 1 saturated carbocycles. The number of hydrogen-bond donors (Lipinski definition) is 3. The van der Waals surface area contributed by atoms with Gasteiger partial charge in [-0.3, -0.25) is 24.1 Å². The molecule has 0 bridgehead atoms. The summed E-state index contributed by atoms with van der Waals surface area (Å²) >= 11 is 6.17. The summed E-state index contributed by atoms with van der Waals surface area (Å²) in [5, 5.41) is 16.3. The Kier molecular flexibility index (Phi) is 12.5. The summed E-state index contributed by atoms with van der Waals surface area (Å²) in [5.74, 6) is -1.80. The van der Waals surface area contributed by atoms with Crippen LogP contribution in [0.3, 0.4) is 0 Å². The molecule has 4 amide bonds. The van der Waals surface area contributed by atoms with E-state index >= 15 is 0 Å². The fraction of sp³-hybridized carbons (Fsp3) is 0.326. The van der Waals surface area contributed by atoms with Crippen molar-refractivity contribution in [2.75, 3.05) is 18.1 Å². The molecule has 0 aromatic heterocycles. The lowest BCUT2D eigenvalue weighted by Gasteiger charge is -2.32. The zero-order chi connectivity index (χ0) is 39.0. The lowest BCUT2D eigenvalue weighted by Crippen LogP contribution is -2.49. The number of hydrogen-bond acceptors (Lipinski definition) is 6. The van der Waals surface area contributed by atoms with E-state index in [-0.39, 0.29) is 43.1 Å². The molecule has 3 unspecified atom stereocenters. The zero-order valence-corrected chi connectivity index (χ0v) is 31.4. The van der Waals surface area contributed by atoms with Gasteiger partial charge in [0.1, 0.15) is 24.0 Å². The molecule has 2 fully saturated rings. The topological polar surface area (TPSA) is 145 Å². The third kappa shape index (κ3) is 9.35. The highest BCUT2D eigenvalue weighted by atomic mass is 35.5. The molecule has 1 aliphatic carbocycles. The lowest BCUT2D eigenvalue weighted by molar-refractivity contribution is -0.144. The summed E-state index contributed by atoms with van der Waals surface area (Å²) in [6.07, 6.45) is 2.84. The highest BCUT2D eigenvalue weighted by Gasteiger charge is 2.50. The molecule has 6 rings (SSSR count). The number of carbonyl (C=O) groups excluding carboxylic acids is 4. The predicted octanol–water partition coefficient (Wildman–Crippen LogP) is 6.10. The summed E-state index contributed by atoms with van der Waals surface area (Å²) in [4.78, 5) is 69.5. The van der Waals surface area contributed by atoms with Gasteiger partial charge in [0.25, 0.3) is 11.8 Å². The summed E-state index contributed by atoms with van der Waals surface area (Å²) in [7, 11) is 0. The van der Waals surface area contributed by atoms with Gasteiger partial charge in [-0.05, 0) is 72.4 Å². The molecule has 55 heavy (non-hydrogen) atoms. The first-order chi connectivity index (χ1) is 26.5. The normalized spacial score (nSPS) is 18.1. The number of nitrogens with zero attached hydrogens (tertiary/aromatic N) is 2. The number of benzene rings is 4. The van der Waals surface area contributed by atoms with Crippen molar-refractivity contribution in [2.24, 2.45) is 5.41 Å². The predicted molar refractivity (Wildman–Crippen MR) is 208 cm³/mol.